The number of fused-ring (bicyclic) bond motifs is 1. The van der Waals surface area contributed by atoms with Gasteiger partial charge in [0.2, 0.25) is 5.95 Å². The summed E-state index contributed by atoms with van der Waals surface area (Å²) in [5.41, 5.74) is 3.44. The van der Waals surface area contributed by atoms with E-state index in [2.05, 4.69) is 20.6 Å². The number of methoxy groups -OCH3 is 1. The lowest BCUT2D eigenvalue weighted by Gasteiger charge is -2.28. The first-order valence-corrected chi connectivity index (χ1v) is 10.3. The Bertz CT molecular complexity index is 1330. The number of amides is 1. The van der Waals surface area contributed by atoms with Crippen LogP contribution in [-0.2, 0) is 4.79 Å². The molecule has 0 aliphatic carbocycles. The zero-order valence-electron chi connectivity index (χ0n) is 18.1. The first kappa shape index (κ1) is 20.4. The second-order valence-corrected chi connectivity index (χ2v) is 7.45. The fraction of sp³-hybridized carbons (Fsp3) is 0.125. The summed E-state index contributed by atoms with van der Waals surface area (Å²) in [4.78, 5) is 26.3. The van der Waals surface area contributed by atoms with Gasteiger partial charge in [0.25, 0.3) is 5.91 Å². The van der Waals surface area contributed by atoms with Gasteiger partial charge in [0.1, 0.15) is 11.8 Å². The summed E-state index contributed by atoms with van der Waals surface area (Å²) in [5, 5.41) is 11.0. The number of rotatable bonds is 5. The number of benzene rings is 1. The van der Waals surface area contributed by atoms with E-state index in [0.29, 0.717) is 34.5 Å². The standard InChI is InChI=1S/C24H21N7O2/c1-15-20(23(32)28-17-6-5-11-26-14-17)21(16-9-12-25-13-10-16)31-24(27-15)29-22(30-31)18-7-3-4-8-19(18)33-2/h3-14,21H,1-2H3,(H,28,32)(H,27,29,30). The van der Waals surface area contributed by atoms with Crippen molar-refractivity contribution in [2.45, 2.75) is 13.0 Å². The summed E-state index contributed by atoms with van der Waals surface area (Å²) in [5.74, 6) is 1.44. The number of aromatic nitrogens is 5. The summed E-state index contributed by atoms with van der Waals surface area (Å²) < 4.78 is 7.22. The molecule has 0 radical (unpaired) electrons. The van der Waals surface area contributed by atoms with Gasteiger partial charge >= 0.3 is 0 Å². The smallest absolute Gasteiger partial charge is 0.255 e. The molecule has 1 aromatic carbocycles. The van der Waals surface area contributed by atoms with Crippen LogP contribution in [-0.4, -0.2) is 37.7 Å². The van der Waals surface area contributed by atoms with Crippen molar-refractivity contribution in [3.8, 4) is 17.1 Å². The van der Waals surface area contributed by atoms with E-state index in [9.17, 15) is 4.79 Å². The van der Waals surface area contributed by atoms with Crippen LogP contribution in [0, 0.1) is 0 Å². The number of nitrogens with zero attached hydrogens (tertiary/aromatic N) is 5. The Kier molecular flexibility index (Phi) is 5.27. The van der Waals surface area contributed by atoms with Crippen LogP contribution >= 0.6 is 0 Å². The average Bonchev–Trinajstić information content (AvgIpc) is 3.27. The molecule has 0 saturated carbocycles. The summed E-state index contributed by atoms with van der Waals surface area (Å²) in [6.45, 7) is 1.85. The minimum absolute atomic E-state index is 0.255. The molecular weight excluding hydrogens is 418 g/mol. The van der Waals surface area contributed by atoms with Crippen molar-refractivity contribution in [2.75, 3.05) is 17.7 Å². The Morgan fingerprint density at radius 2 is 1.88 bits per heavy atom. The molecule has 164 valence electrons. The largest absolute Gasteiger partial charge is 0.496 e. The van der Waals surface area contributed by atoms with Gasteiger partial charge in [-0.15, -0.1) is 5.10 Å². The Morgan fingerprint density at radius 3 is 2.64 bits per heavy atom. The number of allylic oxidation sites excluding steroid dienone is 1. The Labute approximate surface area is 190 Å². The summed E-state index contributed by atoms with van der Waals surface area (Å²) in [7, 11) is 1.61. The van der Waals surface area contributed by atoms with Gasteiger partial charge in [-0.1, -0.05) is 12.1 Å². The summed E-state index contributed by atoms with van der Waals surface area (Å²) >= 11 is 0. The molecule has 3 aromatic heterocycles. The number of anilines is 2. The van der Waals surface area contributed by atoms with Gasteiger partial charge in [-0.3, -0.25) is 14.8 Å². The molecule has 1 aliphatic heterocycles. The molecule has 4 aromatic rings. The Hall–Kier alpha value is -4.53. The highest BCUT2D eigenvalue weighted by Crippen LogP contribution is 2.37. The molecule has 4 heterocycles. The van der Waals surface area contributed by atoms with Crippen molar-refractivity contribution in [1.82, 2.24) is 24.7 Å². The second-order valence-electron chi connectivity index (χ2n) is 7.45. The van der Waals surface area contributed by atoms with Crippen LogP contribution in [0.4, 0.5) is 11.6 Å². The maximum absolute atomic E-state index is 13.4. The predicted molar refractivity (Wildman–Crippen MR) is 124 cm³/mol. The van der Waals surface area contributed by atoms with E-state index in [0.717, 1.165) is 11.1 Å². The van der Waals surface area contributed by atoms with Crippen molar-refractivity contribution in [1.29, 1.82) is 0 Å². The van der Waals surface area contributed by atoms with Gasteiger partial charge in [-0.2, -0.15) is 4.98 Å². The van der Waals surface area contributed by atoms with Gasteiger partial charge in [0.15, 0.2) is 5.82 Å². The average molecular weight is 439 g/mol. The molecule has 0 bridgehead atoms. The fourth-order valence-corrected chi connectivity index (χ4v) is 3.88. The molecule has 0 fully saturated rings. The van der Waals surface area contributed by atoms with E-state index in [1.807, 2.05) is 43.3 Å². The lowest BCUT2D eigenvalue weighted by Crippen LogP contribution is -2.31. The highest BCUT2D eigenvalue weighted by atomic mass is 16.5. The van der Waals surface area contributed by atoms with E-state index in [4.69, 9.17) is 14.8 Å². The minimum Gasteiger partial charge on any atom is -0.496 e. The molecule has 33 heavy (non-hydrogen) atoms. The number of nitrogens with one attached hydrogen (secondary N) is 2. The monoisotopic (exact) mass is 439 g/mol. The van der Waals surface area contributed by atoms with Crippen LogP contribution in [0.15, 0.2) is 84.6 Å². The normalized spacial score (nSPS) is 14.9. The van der Waals surface area contributed by atoms with Gasteiger partial charge in [-0.25, -0.2) is 4.68 Å². The van der Waals surface area contributed by atoms with Gasteiger partial charge in [0, 0.05) is 24.3 Å². The third-order valence-corrected chi connectivity index (χ3v) is 5.39. The van der Waals surface area contributed by atoms with Crippen LogP contribution in [0.3, 0.4) is 0 Å². The predicted octanol–water partition coefficient (Wildman–Crippen LogP) is 3.67. The maximum atomic E-state index is 13.4. The highest BCUT2D eigenvalue weighted by molar-refractivity contribution is 6.05. The Morgan fingerprint density at radius 1 is 1.06 bits per heavy atom. The molecule has 5 rings (SSSR count). The number of pyridine rings is 2. The summed E-state index contributed by atoms with van der Waals surface area (Å²) in [6, 6.07) is 14.4. The van der Waals surface area contributed by atoms with Crippen molar-refractivity contribution < 1.29 is 9.53 Å². The van der Waals surface area contributed by atoms with Crippen molar-refractivity contribution in [2.24, 2.45) is 0 Å². The molecule has 1 aliphatic rings. The molecule has 9 nitrogen and oxygen atoms in total. The topological polar surface area (TPSA) is 107 Å². The van der Waals surface area contributed by atoms with Crippen LogP contribution in [0.5, 0.6) is 5.75 Å². The highest BCUT2D eigenvalue weighted by Gasteiger charge is 2.34. The quantitative estimate of drug-likeness (QED) is 0.489. The molecular formula is C24H21N7O2. The van der Waals surface area contributed by atoms with E-state index in [-0.39, 0.29) is 5.91 Å². The minimum atomic E-state index is -0.503. The first-order valence-electron chi connectivity index (χ1n) is 10.3. The lowest BCUT2D eigenvalue weighted by atomic mass is 9.96. The van der Waals surface area contributed by atoms with Gasteiger partial charge in [-0.05, 0) is 48.9 Å². The Balaban J connectivity index is 1.61. The maximum Gasteiger partial charge on any atom is 0.255 e. The van der Waals surface area contributed by atoms with E-state index in [1.165, 1.54) is 0 Å². The molecule has 2 N–H and O–H groups in total. The third kappa shape index (κ3) is 3.80. The number of hydrogen-bond acceptors (Lipinski definition) is 7. The number of hydrogen-bond donors (Lipinski definition) is 2. The second kappa shape index (κ2) is 8.54. The lowest BCUT2D eigenvalue weighted by molar-refractivity contribution is -0.113. The molecule has 1 amide bonds. The van der Waals surface area contributed by atoms with E-state index >= 15 is 0 Å². The van der Waals surface area contributed by atoms with Crippen molar-refractivity contribution in [3.63, 3.8) is 0 Å². The fourth-order valence-electron chi connectivity index (χ4n) is 3.88. The van der Waals surface area contributed by atoms with E-state index < -0.39 is 6.04 Å². The van der Waals surface area contributed by atoms with Gasteiger partial charge in [0.05, 0.1) is 30.1 Å². The molecule has 0 spiro atoms. The molecule has 9 heteroatoms. The van der Waals surface area contributed by atoms with Crippen molar-refractivity contribution >= 4 is 17.5 Å². The summed E-state index contributed by atoms with van der Waals surface area (Å²) in [6.07, 6.45) is 6.65. The third-order valence-electron chi connectivity index (χ3n) is 5.39. The van der Waals surface area contributed by atoms with E-state index in [1.54, 1.807) is 48.7 Å². The van der Waals surface area contributed by atoms with Crippen LogP contribution < -0.4 is 15.4 Å². The van der Waals surface area contributed by atoms with Crippen LogP contribution in [0.1, 0.15) is 18.5 Å². The van der Waals surface area contributed by atoms with Crippen LogP contribution in [0.2, 0.25) is 0 Å². The number of ether oxygens (including phenoxy) is 1. The number of carbonyl (C=O) groups excluding carboxylic acids is 1. The van der Waals surface area contributed by atoms with Gasteiger partial charge < -0.3 is 15.4 Å². The molecule has 0 saturated heterocycles. The molecule has 1 unspecified atom stereocenters. The zero-order chi connectivity index (χ0) is 22.8. The molecule has 1 atom stereocenters. The van der Waals surface area contributed by atoms with Crippen LogP contribution in [0.25, 0.3) is 11.4 Å². The SMILES string of the molecule is COc1ccccc1-c1nc2n(n1)C(c1ccncc1)C(C(=O)Nc1cccnc1)=C(C)N2. The number of carbonyl (C=O) groups is 1. The zero-order valence-corrected chi connectivity index (χ0v) is 18.1. The van der Waals surface area contributed by atoms with Crippen molar-refractivity contribution in [3.05, 3.63) is 90.2 Å². The number of para-hydroxylation sites is 1. The first-order chi connectivity index (χ1) is 16.2.